The van der Waals surface area contributed by atoms with Gasteiger partial charge in [0.2, 0.25) is 0 Å². The van der Waals surface area contributed by atoms with Gasteiger partial charge in [-0.05, 0) is 36.1 Å². The maximum atomic E-state index is 12.3. The van der Waals surface area contributed by atoms with Crippen molar-refractivity contribution in [2.45, 2.75) is 31.8 Å². The van der Waals surface area contributed by atoms with Crippen LogP contribution in [0.3, 0.4) is 0 Å². The Morgan fingerprint density at radius 2 is 1.85 bits per heavy atom. The van der Waals surface area contributed by atoms with Gasteiger partial charge in [-0.1, -0.05) is 36.4 Å². The van der Waals surface area contributed by atoms with E-state index in [1.807, 2.05) is 36.4 Å². The van der Waals surface area contributed by atoms with E-state index in [9.17, 15) is 9.59 Å². The summed E-state index contributed by atoms with van der Waals surface area (Å²) in [5.74, 6) is -0.355. The van der Waals surface area contributed by atoms with Crippen LogP contribution in [0.25, 0.3) is 10.8 Å². The summed E-state index contributed by atoms with van der Waals surface area (Å²) in [6.07, 6.45) is 2.46. The molecule has 1 fully saturated rings. The monoisotopic (exact) mass is 268 g/mol. The van der Waals surface area contributed by atoms with E-state index in [0.29, 0.717) is 18.4 Å². The van der Waals surface area contributed by atoms with Crippen LogP contribution < -0.4 is 0 Å². The first-order valence-electron chi connectivity index (χ1n) is 6.97. The quantitative estimate of drug-likeness (QED) is 0.783. The number of esters is 1. The highest BCUT2D eigenvalue weighted by molar-refractivity contribution is 6.05. The summed E-state index contributed by atoms with van der Waals surface area (Å²) in [5, 5.41) is 1.86. The maximum Gasteiger partial charge on any atom is 0.339 e. The number of fused-ring (bicyclic) bond motifs is 1. The second-order valence-corrected chi connectivity index (χ2v) is 5.13. The molecule has 0 aromatic heterocycles. The van der Waals surface area contributed by atoms with Crippen LogP contribution in [-0.4, -0.2) is 17.9 Å². The molecule has 20 heavy (non-hydrogen) atoms. The second kappa shape index (κ2) is 5.45. The average molecular weight is 268 g/mol. The SMILES string of the molecule is O=C(O[C@H]1CCCCC1=O)c1cccc2ccccc12. The summed E-state index contributed by atoms with van der Waals surface area (Å²) < 4.78 is 5.41. The van der Waals surface area contributed by atoms with E-state index in [2.05, 4.69) is 0 Å². The van der Waals surface area contributed by atoms with E-state index in [1.54, 1.807) is 6.07 Å². The molecular weight excluding hydrogens is 252 g/mol. The molecule has 0 unspecified atom stereocenters. The molecule has 0 radical (unpaired) electrons. The zero-order valence-corrected chi connectivity index (χ0v) is 11.2. The molecule has 102 valence electrons. The lowest BCUT2D eigenvalue weighted by molar-refractivity contribution is -0.129. The number of rotatable bonds is 2. The average Bonchev–Trinajstić information content (AvgIpc) is 2.49. The third-order valence-electron chi connectivity index (χ3n) is 3.76. The second-order valence-electron chi connectivity index (χ2n) is 5.13. The van der Waals surface area contributed by atoms with Crippen molar-refractivity contribution < 1.29 is 14.3 Å². The van der Waals surface area contributed by atoms with Crippen LogP contribution >= 0.6 is 0 Å². The normalized spacial score (nSPS) is 19.0. The molecule has 0 bridgehead atoms. The van der Waals surface area contributed by atoms with Gasteiger partial charge >= 0.3 is 5.97 Å². The molecule has 3 heteroatoms. The molecule has 2 aromatic carbocycles. The number of hydrogen-bond donors (Lipinski definition) is 0. The number of carbonyl (C=O) groups excluding carboxylic acids is 2. The summed E-state index contributed by atoms with van der Waals surface area (Å²) >= 11 is 0. The van der Waals surface area contributed by atoms with Gasteiger partial charge in [-0.3, -0.25) is 4.79 Å². The van der Waals surface area contributed by atoms with Crippen LogP contribution in [0, 0.1) is 0 Å². The minimum absolute atomic E-state index is 0.0461. The van der Waals surface area contributed by atoms with Crippen LogP contribution in [0.1, 0.15) is 36.0 Å². The van der Waals surface area contributed by atoms with Crippen LogP contribution in [0.15, 0.2) is 42.5 Å². The molecule has 1 aliphatic carbocycles. The highest BCUT2D eigenvalue weighted by atomic mass is 16.5. The lowest BCUT2D eigenvalue weighted by Crippen LogP contribution is -2.30. The third-order valence-corrected chi connectivity index (χ3v) is 3.76. The molecule has 0 saturated heterocycles. The summed E-state index contributed by atoms with van der Waals surface area (Å²) in [5.41, 5.74) is 0.529. The molecule has 0 aliphatic heterocycles. The largest absolute Gasteiger partial charge is 0.451 e. The van der Waals surface area contributed by atoms with E-state index in [1.165, 1.54) is 0 Å². The number of carbonyl (C=O) groups is 2. The van der Waals surface area contributed by atoms with E-state index >= 15 is 0 Å². The van der Waals surface area contributed by atoms with Crippen molar-refractivity contribution in [3.63, 3.8) is 0 Å². The van der Waals surface area contributed by atoms with Crippen LogP contribution in [0.2, 0.25) is 0 Å². The molecule has 0 amide bonds. The number of benzene rings is 2. The van der Waals surface area contributed by atoms with E-state index in [0.717, 1.165) is 23.6 Å². The lowest BCUT2D eigenvalue weighted by Gasteiger charge is -2.21. The molecule has 0 spiro atoms. The first-order valence-corrected chi connectivity index (χ1v) is 6.97. The molecule has 3 rings (SSSR count). The Labute approximate surface area is 117 Å². The van der Waals surface area contributed by atoms with Crippen LogP contribution in [-0.2, 0) is 9.53 Å². The molecular formula is C17H16O3. The number of Topliss-reactive ketones (excluding diaryl/α,β-unsaturated/α-hetero) is 1. The molecule has 0 N–H and O–H groups in total. The van der Waals surface area contributed by atoms with Crippen molar-refractivity contribution in [2.24, 2.45) is 0 Å². The summed E-state index contributed by atoms with van der Waals surface area (Å²) in [6.45, 7) is 0. The van der Waals surface area contributed by atoms with E-state index in [4.69, 9.17) is 4.74 Å². The lowest BCUT2D eigenvalue weighted by atomic mass is 9.96. The summed E-state index contributed by atoms with van der Waals surface area (Å²) in [7, 11) is 0. The molecule has 0 heterocycles. The van der Waals surface area contributed by atoms with Crippen molar-refractivity contribution in [3.8, 4) is 0 Å². The fourth-order valence-corrected chi connectivity index (χ4v) is 2.67. The number of hydrogen-bond acceptors (Lipinski definition) is 3. The molecule has 1 aliphatic rings. The summed E-state index contributed by atoms with van der Waals surface area (Å²) in [6, 6.07) is 13.2. The topological polar surface area (TPSA) is 43.4 Å². The van der Waals surface area contributed by atoms with Gasteiger partial charge in [-0.25, -0.2) is 4.79 Å². The molecule has 1 saturated carbocycles. The van der Waals surface area contributed by atoms with E-state index in [-0.39, 0.29) is 5.78 Å². The van der Waals surface area contributed by atoms with Crippen LogP contribution in [0.4, 0.5) is 0 Å². The Morgan fingerprint density at radius 3 is 2.70 bits per heavy atom. The Kier molecular flexibility index (Phi) is 3.50. The van der Waals surface area contributed by atoms with Gasteiger partial charge in [0.05, 0.1) is 5.56 Å². The first kappa shape index (κ1) is 12.9. The van der Waals surface area contributed by atoms with Crippen molar-refractivity contribution in [3.05, 3.63) is 48.0 Å². The zero-order chi connectivity index (χ0) is 13.9. The van der Waals surface area contributed by atoms with Gasteiger partial charge in [0.1, 0.15) is 0 Å². The molecule has 1 atom stereocenters. The number of ether oxygens (including phenoxy) is 1. The Morgan fingerprint density at radius 1 is 1.05 bits per heavy atom. The predicted octanol–water partition coefficient (Wildman–Crippen LogP) is 3.51. The van der Waals surface area contributed by atoms with Crippen molar-refractivity contribution in [2.75, 3.05) is 0 Å². The predicted molar refractivity (Wildman–Crippen MR) is 76.6 cm³/mol. The summed E-state index contributed by atoms with van der Waals surface area (Å²) in [4.78, 5) is 24.0. The van der Waals surface area contributed by atoms with Gasteiger partial charge in [0.25, 0.3) is 0 Å². The molecule has 2 aromatic rings. The van der Waals surface area contributed by atoms with Crippen molar-refractivity contribution in [1.82, 2.24) is 0 Å². The van der Waals surface area contributed by atoms with Crippen molar-refractivity contribution in [1.29, 1.82) is 0 Å². The maximum absolute atomic E-state index is 12.3. The Balaban J connectivity index is 1.87. The minimum Gasteiger partial charge on any atom is -0.451 e. The Bertz CT molecular complexity index is 655. The minimum atomic E-state index is -0.560. The Hall–Kier alpha value is -2.16. The fourth-order valence-electron chi connectivity index (χ4n) is 2.67. The van der Waals surface area contributed by atoms with Gasteiger partial charge in [0, 0.05) is 6.42 Å². The highest BCUT2D eigenvalue weighted by Crippen LogP contribution is 2.22. The van der Waals surface area contributed by atoms with Crippen LogP contribution in [0.5, 0.6) is 0 Å². The third kappa shape index (κ3) is 2.44. The standard InChI is InChI=1S/C17H16O3/c18-15-10-3-4-11-16(15)20-17(19)14-9-5-7-12-6-1-2-8-13(12)14/h1-2,5-9,16H,3-4,10-11H2/t16-/m0/s1. The zero-order valence-electron chi connectivity index (χ0n) is 11.2. The van der Waals surface area contributed by atoms with Gasteiger partial charge in [-0.15, -0.1) is 0 Å². The first-order chi connectivity index (χ1) is 9.75. The fraction of sp³-hybridized carbons (Fsp3) is 0.294. The smallest absolute Gasteiger partial charge is 0.339 e. The highest BCUT2D eigenvalue weighted by Gasteiger charge is 2.26. The number of ketones is 1. The van der Waals surface area contributed by atoms with Gasteiger partial charge < -0.3 is 4.74 Å². The van der Waals surface area contributed by atoms with Gasteiger partial charge in [-0.2, -0.15) is 0 Å². The molecule has 3 nitrogen and oxygen atoms in total. The van der Waals surface area contributed by atoms with E-state index < -0.39 is 12.1 Å². The van der Waals surface area contributed by atoms with Crippen molar-refractivity contribution >= 4 is 22.5 Å². The van der Waals surface area contributed by atoms with Gasteiger partial charge in [0.15, 0.2) is 11.9 Å².